The first kappa shape index (κ1) is 23.4. The van der Waals surface area contributed by atoms with Gasteiger partial charge in [0.25, 0.3) is 5.56 Å². The fraction of sp³-hybridized carbons (Fsp3) is 0.348. The lowest BCUT2D eigenvalue weighted by molar-refractivity contribution is -0.116. The van der Waals surface area contributed by atoms with E-state index in [0.29, 0.717) is 35.9 Å². The quantitative estimate of drug-likeness (QED) is 0.393. The predicted molar refractivity (Wildman–Crippen MR) is 131 cm³/mol. The molecular formula is C23H26N6O4S. The molecule has 0 fully saturated rings. The number of hydrogen-bond donors (Lipinski definition) is 1. The molecule has 0 saturated carbocycles. The molecular weight excluding hydrogens is 456 g/mol. The Kier molecular flexibility index (Phi) is 6.92. The number of hydrogen-bond acceptors (Lipinski definition) is 7. The van der Waals surface area contributed by atoms with E-state index in [1.54, 1.807) is 11.6 Å². The van der Waals surface area contributed by atoms with Crippen LogP contribution in [0.1, 0.15) is 26.2 Å². The molecule has 0 atom stereocenters. The van der Waals surface area contributed by atoms with Gasteiger partial charge >= 0.3 is 5.69 Å². The molecule has 3 heterocycles. The molecule has 0 bridgehead atoms. The first-order valence-electron chi connectivity index (χ1n) is 11.0. The first-order chi connectivity index (χ1) is 16.4. The number of rotatable bonds is 9. The molecule has 4 aromatic rings. The summed E-state index contributed by atoms with van der Waals surface area (Å²) >= 11 is 1.36. The summed E-state index contributed by atoms with van der Waals surface area (Å²) in [6.45, 7) is 3.17. The zero-order valence-corrected chi connectivity index (χ0v) is 20.1. The highest BCUT2D eigenvalue weighted by Gasteiger charge is 2.15. The summed E-state index contributed by atoms with van der Waals surface area (Å²) < 4.78 is 9.68. The molecule has 0 unspecified atom stereocenters. The number of imidazole rings is 1. The Balaban J connectivity index is 1.34. The smallest absolute Gasteiger partial charge is 0.332 e. The molecule has 10 nitrogen and oxygen atoms in total. The Morgan fingerprint density at radius 3 is 2.65 bits per heavy atom. The van der Waals surface area contributed by atoms with Crippen molar-refractivity contribution in [1.82, 2.24) is 23.7 Å². The van der Waals surface area contributed by atoms with Crippen molar-refractivity contribution in [3.63, 3.8) is 0 Å². The van der Waals surface area contributed by atoms with Gasteiger partial charge in [-0.2, -0.15) is 0 Å². The van der Waals surface area contributed by atoms with Gasteiger partial charge < -0.3 is 14.6 Å². The van der Waals surface area contributed by atoms with Gasteiger partial charge in [-0.3, -0.25) is 18.7 Å². The molecule has 0 aliphatic heterocycles. The number of fused-ring (bicyclic) bond motifs is 1. The van der Waals surface area contributed by atoms with E-state index < -0.39 is 11.2 Å². The molecule has 0 spiro atoms. The van der Waals surface area contributed by atoms with Crippen LogP contribution in [0, 0.1) is 0 Å². The molecule has 34 heavy (non-hydrogen) atoms. The van der Waals surface area contributed by atoms with Gasteiger partial charge in [0.05, 0.1) is 18.6 Å². The van der Waals surface area contributed by atoms with Crippen LogP contribution in [0.4, 0.5) is 5.13 Å². The average molecular weight is 483 g/mol. The van der Waals surface area contributed by atoms with Gasteiger partial charge in [-0.15, -0.1) is 11.3 Å². The summed E-state index contributed by atoms with van der Waals surface area (Å²) in [4.78, 5) is 45.7. The van der Waals surface area contributed by atoms with Crippen LogP contribution in [0.2, 0.25) is 0 Å². The fourth-order valence-corrected chi connectivity index (χ4v) is 4.30. The molecule has 3 aromatic heterocycles. The molecule has 0 saturated heterocycles. The van der Waals surface area contributed by atoms with E-state index >= 15 is 0 Å². The zero-order chi connectivity index (χ0) is 24.2. The van der Waals surface area contributed by atoms with Gasteiger partial charge in [0.1, 0.15) is 5.75 Å². The molecule has 1 aromatic carbocycles. The molecule has 11 heteroatoms. The van der Waals surface area contributed by atoms with Crippen molar-refractivity contribution in [1.29, 1.82) is 0 Å². The Labute approximate surface area is 199 Å². The number of anilines is 1. The van der Waals surface area contributed by atoms with E-state index in [9.17, 15) is 14.4 Å². The lowest BCUT2D eigenvalue weighted by Gasteiger charge is -2.07. The number of benzene rings is 1. The van der Waals surface area contributed by atoms with E-state index in [1.165, 1.54) is 29.3 Å². The number of carbonyl (C=O) groups is 1. The third kappa shape index (κ3) is 4.79. The monoisotopic (exact) mass is 482 g/mol. The topological polar surface area (TPSA) is 113 Å². The molecule has 4 rings (SSSR count). The average Bonchev–Trinajstić information content (AvgIpc) is 3.48. The minimum atomic E-state index is -0.425. The van der Waals surface area contributed by atoms with Crippen LogP contribution < -0.4 is 21.3 Å². The second-order valence-electron chi connectivity index (χ2n) is 7.88. The number of aryl methyl sites for hydroxylation is 2. The number of amides is 1. The maximum Gasteiger partial charge on any atom is 0.332 e. The number of ether oxygens (including phenoxy) is 1. The highest BCUT2D eigenvalue weighted by atomic mass is 32.1. The second kappa shape index (κ2) is 10.0. The normalized spacial score (nSPS) is 11.1. The summed E-state index contributed by atoms with van der Waals surface area (Å²) in [6.07, 6.45) is 3.23. The minimum absolute atomic E-state index is 0.158. The molecule has 1 N–H and O–H groups in total. The standard InChI is InChI=1S/C23H26N6O4S/c1-4-12-33-16-9-7-15(8-10-16)17-13-34-22(25-17)26-18(30)6-5-11-29-14-24-20-19(29)21(31)28(3)23(32)27(20)2/h7-10,13-14H,4-6,11-12H2,1-3H3,(H,25,26,30). The van der Waals surface area contributed by atoms with Crippen LogP contribution in [-0.2, 0) is 25.4 Å². The number of nitrogens with one attached hydrogen (secondary N) is 1. The van der Waals surface area contributed by atoms with Gasteiger partial charge in [-0.1, -0.05) is 6.92 Å². The molecule has 1 amide bonds. The largest absolute Gasteiger partial charge is 0.494 e. The third-order valence-corrected chi connectivity index (χ3v) is 6.15. The number of aromatic nitrogens is 5. The van der Waals surface area contributed by atoms with Crippen molar-refractivity contribution in [2.75, 3.05) is 11.9 Å². The molecule has 178 valence electrons. The van der Waals surface area contributed by atoms with Gasteiger partial charge in [0.2, 0.25) is 5.91 Å². The van der Waals surface area contributed by atoms with Gasteiger partial charge in [-0.05, 0) is 37.1 Å². The predicted octanol–water partition coefficient (Wildman–Crippen LogP) is 2.76. The van der Waals surface area contributed by atoms with Crippen LogP contribution in [0.25, 0.3) is 22.4 Å². The van der Waals surface area contributed by atoms with E-state index in [2.05, 4.69) is 22.2 Å². The fourth-order valence-electron chi connectivity index (χ4n) is 3.56. The highest BCUT2D eigenvalue weighted by Crippen LogP contribution is 2.26. The summed E-state index contributed by atoms with van der Waals surface area (Å²) in [6, 6.07) is 7.71. The summed E-state index contributed by atoms with van der Waals surface area (Å²) in [5.74, 6) is 0.661. The van der Waals surface area contributed by atoms with Crippen molar-refractivity contribution in [3.05, 3.63) is 56.8 Å². The van der Waals surface area contributed by atoms with Crippen molar-refractivity contribution < 1.29 is 9.53 Å². The maximum absolute atomic E-state index is 12.5. The van der Waals surface area contributed by atoms with Crippen LogP contribution in [0.15, 0.2) is 45.6 Å². The Morgan fingerprint density at radius 1 is 1.15 bits per heavy atom. The van der Waals surface area contributed by atoms with Gasteiger partial charge in [0, 0.05) is 38.0 Å². The van der Waals surface area contributed by atoms with Crippen LogP contribution in [0.5, 0.6) is 5.75 Å². The van der Waals surface area contributed by atoms with Crippen molar-refractivity contribution in [2.45, 2.75) is 32.7 Å². The van der Waals surface area contributed by atoms with E-state index in [4.69, 9.17) is 4.74 Å². The maximum atomic E-state index is 12.5. The van der Waals surface area contributed by atoms with Crippen LogP contribution in [-0.4, -0.2) is 36.2 Å². The SMILES string of the molecule is CCCOc1ccc(-c2csc(NC(=O)CCCn3cnc4c3c(=O)n(C)c(=O)n4C)n2)cc1. The Hall–Kier alpha value is -3.73. The minimum Gasteiger partial charge on any atom is -0.494 e. The summed E-state index contributed by atoms with van der Waals surface area (Å²) in [5, 5.41) is 5.26. The van der Waals surface area contributed by atoms with Crippen LogP contribution in [0.3, 0.4) is 0 Å². The molecule has 0 radical (unpaired) electrons. The Morgan fingerprint density at radius 2 is 1.91 bits per heavy atom. The van der Waals surface area contributed by atoms with Gasteiger partial charge in [0.15, 0.2) is 16.3 Å². The second-order valence-corrected chi connectivity index (χ2v) is 8.74. The molecule has 0 aliphatic rings. The highest BCUT2D eigenvalue weighted by molar-refractivity contribution is 7.14. The van der Waals surface area contributed by atoms with E-state index in [-0.39, 0.29) is 12.3 Å². The van der Waals surface area contributed by atoms with Crippen molar-refractivity contribution >= 4 is 33.5 Å². The first-order valence-corrected chi connectivity index (χ1v) is 11.9. The Bertz CT molecular complexity index is 1430. The van der Waals surface area contributed by atoms with Crippen molar-refractivity contribution in [3.8, 4) is 17.0 Å². The molecule has 0 aliphatic carbocycles. The lowest BCUT2D eigenvalue weighted by atomic mass is 10.2. The van der Waals surface area contributed by atoms with Crippen molar-refractivity contribution in [2.24, 2.45) is 14.1 Å². The number of carbonyl (C=O) groups excluding carboxylic acids is 1. The summed E-state index contributed by atoms with van der Waals surface area (Å²) in [7, 11) is 3.01. The van der Waals surface area contributed by atoms with E-state index in [1.807, 2.05) is 29.6 Å². The number of thiazole rings is 1. The summed E-state index contributed by atoms with van der Waals surface area (Å²) in [5.41, 5.74) is 1.58. The van der Waals surface area contributed by atoms with E-state index in [0.717, 1.165) is 28.0 Å². The lowest BCUT2D eigenvalue weighted by Crippen LogP contribution is -2.37. The van der Waals surface area contributed by atoms with Gasteiger partial charge in [-0.25, -0.2) is 14.8 Å². The third-order valence-electron chi connectivity index (χ3n) is 5.39. The zero-order valence-electron chi connectivity index (χ0n) is 19.3. The number of nitrogens with zero attached hydrogens (tertiary/aromatic N) is 5. The van der Waals surface area contributed by atoms with Crippen LogP contribution >= 0.6 is 11.3 Å².